The first-order valence-electron chi connectivity index (χ1n) is 7.80. The Bertz CT molecular complexity index is 990. The minimum absolute atomic E-state index is 0.134. The molecule has 1 amide bonds. The maximum Gasteiger partial charge on any atom is 0.355 e. The van der Waals surface area contributed by atoms with Gasteiger partial charge in [-0.05, 0) is 44.0 Å². The largest absolute Gasteiger partial charge is 0.355 e. The van der Waals surface area contributed by atoms with Crippen molar-refractivity contribution in [1.29, 1.82) is 0 Å². The Balaban J connectivity index is 1.72. The normalized spacial score (nSPS) is 10.8. The van der Waals surface area contributed by atoms with Crippen LogP contribution in [0.1, 0.15) is 16.7 Å². The summed E-state index contributed by atoms with van der Waals surface area (Å²) in [5, 5.41) is 3.22. The summed E-state index contributed by atoms with van der Waals surface area (Å²) in [6.45, 7) is 5.96. The quantitative estimate of drug-likeness (QED) is 0.729. The fourth-order valence-electron chi connectivity index (χ4n) is 2.69. The molecule has 0 fully saturated rings. The van der Waals surface area contributed by atoms with Crippen molar-refractivity contribution in [2.45, 2.75) is 25.9 Å². The molecule has 0 bridgehead atoms. The summed E-state index contributed by atoms with van der Waals surface area (Å²) in [7, 11) is 0. The summed E-state index contributed by atoms with van der Waals surface area (Å²) in [6.07, 6.45) is 1.61. The van der Waals surface area contributed by atoms with Gasteiger partial charge in [0, 0.05) is 11.9 Å². The van der Waals surface area contributed by atoms with Gasteiger partial charge in [0.15, 0.2) is 5.16 Å². The fourth-order valence-corrected chi connectivity index (χ4v) is 3.33. The van der Waals surface area contributed by atoms with Gasteiger partial charge in [0.1, 0.15) is 5.65 Å². The number of rotatable bonds is 4. The Hall–Kier alpha value is -2.67. The zero-order valence-electron chi connectivity index (χ0n) is 14.2. The molecule has 0 aliphatic carbocycles. The molecule has 2 aromatic heterocycles. The number of nitrogens with zero attached hydrogens (tertiary/aromatic N) is 3. The first kappa shape index (κ1) is 17.2. The number of hydrogen-bond acceptors (Lipinski definition) is 5. The molecule has 0 spiro atoms. The molecule has 6 nitrogen and oxygen atoms in total. The third-order valence-electron chi connectivity index (χ3n) is 3.72. The molecule has 0 unspecified atom stereocenters. The summed E-state index contributed by atoms with van der Waals surface area (Å²) < 4.78 is 1.36. The molecule has 3 rings (SSSR count). The van der Waals surface area contributed by atoms with Crippen molar-refractivity contribution in [3.8, 4) is 0 Å². The van der Waals surface area contributed by atoms with E-state index in [1.54, 1.807) is 24.4 Å². The summed E-state index contributed by atoms with van der Waals surface area (Å²) >= 11 is 1.14. The summed E-state index contributed by atoms with van der Waals surface area (Å²) in [4.78, 5) is 32.4. The van der Waals surface area contributed by atoms with Gasteiger partial charge in [-0.2, -0.15) is 4.98 Å². The van der Waals surface area contributed by atoms with Gasteiger partial charge >= 0.3 is 5.69 Å². The first-order valence-corrected chi connectivity index (χ1v) is 8.78. The molecule has 1 N–H and O–H groups in total. The molecule has 7 heteroatoms. The Labute approximate surface area is 149 Å². The monoisotopic (exact) mass is 354 g/mol. The standard InChI is InChI=1S/C18H18N4O2S/c1-11-8-12(2)16(13(3)9-11)20-15(23)10-25-17-19-14-6-4-5-7-22(14)18(24)21-17/h4-9H,10H2,1-3H3,(H,20,23). The molecule has 128 valence electrons. The van der Waals surface area contributed by atoms with Crippen molar-refractivity contribution >= 4 is 29.0 Å². The lowest BCUT2D eigenvalue weighted by molar-refractivity contribution is -0.113. The van der Waals surface area contributed by atoms with Crippen LogP contribution in [0.25, 0.3) is 5.65 Å². The molecule has 3 aromatic rings. The van der Waals surface area contributed by atoms with E-state index in [-0.39, 0.29) is 11.7 Å². The van der Waals surface area contributed by atoms with Crippen molar-refractivity contribution in [2.24, 2.45) is 0 Å². The Morgan fingerprint density at radius 3 is 2.60 bits per heavy atom. The van der Waals surface area contributed by atoms with E-state index in [1.165, 1.54) is 4.40 Å². The predicted octanol–water partition coefficient (Wildman–Crippen LogP) is 2.75. The highest BCUT2D eigenvalue weighted by molar-refractivity contribution is 7.99. The molecule has 1 aromatic carbocycles. The molecule has 0 saturated heterocycles. The minimum Gasteiger partial charge on any atom is -0.325 e. The van der Waals surface area contributed by atoms with E-state index < -0.39 is 5.69 Å². The van der Waals surface area contributed by atoms with Crippen molar-refractivity contribution in [2.75, 3.05) is 11.1 Å². The van der Waals surface area contributed by atoms with Gasteiger partial charge in [0.05, 0.1) is 5.75 Å². The zero-order chi connectivity index (χ0) is 18.0. The van der Waals surface area contributed by atoms with E-state index in [9.17, 15) is 9.59 Å². The van der Waals surface area contributed by atoms with Crippen LogP contribution in [0.2, 0.25) is 0 Å². The highest BCUT2D eigenvalue weighted by atomic mass is 32.2. The topological polar surface area (TPSA) is 76.4 Å². The van der Waals surface area contributed by atoms with Gasteiger partial charge in [-0.25, -0.2) is 9.78 Å². The lowest BCUT2D eigenvalue weighted by Crippen LogP contribution is -2.20. The molecule has 0 radical (unpaired) electrons. The highest BCUT2D eigenvalue weighted by Crippen LogP contribution is 2.22. The van der Waals surface area contributed by atoms with Crippen LogP contribution in [0.4, 0.5) is 5.69 Å². The molecule has 0 saturated carbocycles. The third-order valence-corrected chi connectivity index (χ3v) is 4.57. The van der Waals surface area contributed by atoms with Crippen LogP contribution in [-0.4, -0.2) is 26.0 Å². The average molecular weight is 354 g/mol. The van der Waals surface area contributed by atoms with Crippen LogP contribution in [-0.2, 0) is 4.79 Å². The summed E-state index contributed by atoms with van der Waals surface area (Å²) in [5.74, 6) is -0.0215. The van der Waals surface area contributed by atoms with Gasteiger partial charge in [-0.3, -0.25) is 9.20 Å². The number of benzene rings is 1. The lowest BCUT2D eigenvalue weighted by Gasteiger charge is -2.12. The van der Waals surface area contributed by atoms with E-state index in [0.29, 0.717) is 10.8 Å². The number of anilines is 1. The van der Waals surface area contributed by atoms with Crippen LogP contribution in [0.3, 0.4) is 0 Å². The van der Waals surface area contributed by atoms with Crippen LogP contribution in [0, 0.1) is 20.8 Å². The van der Waals surface area contributed by atoms with E-state index >= 15 is 0 Å². The summed E-state index contributed by atoms with van der Waals surface area (Å²) in [6, 6.07) is 9.33. The van der Waals surface area contributed by atoms with E-state index in [2.05, 4.69) is 15.3 Å². The fraction of sp³-hybridized carbons (Fsp3) is 0.222. The Morgan fingerprint density at radius 1 is 1.16 bits per heavy atom. The molecular formula is C18H18N4O2S. The lowest BCUT2D eigenvalue weighted by atomic mass is 10.1. The van der Waals surface area contributed by atoms with Crippen molar-refractivity contribution in [1.82, 2.24) is 14.4 Å². The van der Waals surface area contributed by atoms with Crippen molar-refractivity contribution in [3.05, 3.63) is 63.7 Å². The molecule has 0 atom stereocenters. The second-order valence-corrected chi connectivity index (χ2v) is 6.77. The second kappa shape index (κ2) is 7.06. The van der Waals surface area contributed by atoms with Crippen molar-refractivity contribution in [3.63, 3.8) is 0 Å². The number of carbonyl (C=O) groups is 1. The SMILES string of the molecule is Cc1cc(C)c(NC(=O)CSc2nc(=O)n3ccccc3n2)c(C)c1. The van der Waals surface area contributed by atoms with Gasteiger partial charge in [-0.15, -0.1) is 0 Å². The minimum atomic E-state index is -0.404. The maximum absolute atomic E-state index is 12.3. The Morgan fingerprint density at radius 2 is 1.88 bits per heavy atom. The Kier molecular flexibility index (Phi) is 4.85. The maximum atomic E-state index is 12.3. The zero-order valence-corrected chi connectivity index (χ0v) is 15.1. The number of nitrogens with one attached hydrogen (secondary N) is 1. The smallest absolute Gasteiger partial charge is 0.325 e. The molecule has 25 heavy (non-hydrogen) atoms. The van der Waals surface area contributed by atoms with Gasteiger partial charge in [0.2, 0.25) is 5.91 Å². The van der Waals surface area contributed by atoms with E-state index in [0.717, 1.165) is 34.1 Å². The summed E-state index contributed by atoms with van der Waals surface area (Å²) in [5.41, 5.74) is 4.14. The van der Waals surface area contributed by atoms with Crippen LogP contribution < -0.4 is 11.0 Å². The van der Waals surface area contributed by atoms with E-state index in [1.807, 2.05) is 32.9 Å². The predicted molar refractivity (Wildman–Crippen MR) is 99.3 cm³/mol. The average Bonchev–Trinajstić information content (AvgIpc) is 2.56. The van der Waals surface area contributed by atoms with Gasteiger partial charge in [0.25, 0.3) is 0 Å². The second-order valence-electron chi connectivity index (χ2n) is 5.83. The number of fused-ring (bicyclic) bond motifs is 1. The number of amides is 1. The number of thioether (sulfide) groups is 1. The first-order chi connectivity index (χ1) is 11.9. The van der Waals surface area contributed by atoms with Crippen LogP contribution in [0.15, 0.2) is 46.5 Å². The van der Waals surface area contributed by atoms with Crippen LogP contribution in [0.5, 0.6) is 0 Å². The number of carbonyl (C=O) groups excluding carboxylic acids is 1. The number of aromatic nitrogens is 3. The molecule has 0 aliphatic rings. The van der Waals surface area contributed by atoms with E-state index in [4.69, 9.17) is 0 Å². The molecular weight excluding hydrogens is 336 g/mol. The number of aryl methyl sites for hydroxylation is 3. The number of pyridine rings is 1. The molecule has 2 heterocycles. The molecule has 0 aliphatic heterocycles. The van der Waals surface area contributed by atoms with Gasteiger partial charge < -0.3 is 5.32 Å². The third kappa shape index (κ3) is 3.88. The highest BCUT2D eigenvalue weighted by Gasteiger charge is 2.11. The van der Waals surface area contributed by atoms with Crippen LogP contribution >= 0.6 is 11.8 Å². The van der Waals surface area contributed by atoms with Crippen molar-refractivity contribution < 1.29 is 4.79 Å². The number of hydrogen-bond donors (Lipinski definition) is 1. The van der Waals surface area contributed by atoms with Gasteiger partial charge in [-0.1, -0.05) is 35.5 Å².